The Morgan fingerprint density at radius 1 is 0.733 bits per heavy atom. The number of carbonyl (C=O) groups excluding carboxylic acids is 1. The predicted molar refractivity (Wildman–Crippen MR) is 193 cm³/mol. The molecule has 0 saturated heterocycles. The minimum atomic E-state index is 0.0799. The van der Waals surface area contributed by atoms with Crippen molar-refractivity contribution in [3.8, 4) is 0 Å². The fraction of sp³-hybridized carbons (Fsp3) is 0.930. The normalized spacial score (nSPS) is 35.3. The summed E-state index contributed by atoms with van der Waals surface area (Å²) >= 11 is 0. The third-order valence-corrected chi connectivity index (χ3v) is 14.3. The van der Waals surface area contributed by atoms with Gasteiger partial charge in [0.1, 0.15) is 6.10 Å². The van der Waals surface area contributed by atoms with Crippen LogP contribution in [-0.2, 0) is 9.53 Å². The molecular weight excluding hydrogens is 548 g/mol. The number of fused-ring (bicyclic) bond motifs is 5. The molecule has 2 heteroatoms. The Labute approximate surface area is 281 Å². The van der Waals surface area contributed by atoms with Gasteiger partial charge in [0.15, 0.2) is 0 Å². The van der Waals surface area contributed by atoms with Crippen molar-refractivity contribution in [2.75, 3.05) is 0 Å². The summed E-state index contributed by atoms with van der Waals surface area (Å²) in [5.74, 6) is 6.33. The molecule has 260 valence electrons. The fourth-order valence-corrected chi connectivity index (χ4v) is 11.6. The summed E-state index contributed by atoms with van der Waals surface area (Å²) in [5.41, 5.74) is 1.05. The van der Waals surface area contributed by atoms with Gasteiger partial charge in [-0.3, -0.25) is 4.79 Å². The maximum atomic E-state index is 12.8. The molecule has 0 spiro atoms. The Morgan fingerprint density at radius 2 is 1.40 bits per heavy atom. The van der Waals surface area contributed by atoms with Gasteiger partial charge < -0.3 is 4.74 Å². The Balaban J connectivity index is 1.13. The number of rotatable bonds is 19. The van der Waals surface area contributed by atoms with Crippen LogP contribution in [0.5, 0.6) is 0 Å². The Hall–Kier alpha value is -0.790. The lowest BCUT2D eigenvalue weighted by molar-refractivity contribution is -0.162. The molecule has 2 unspecified atom stereocenters. The van der Waals surface area contributed by atoms with Gasteiger partial charge in [0.2, 0.25) is 0 Å². The molecule has 45 heavy (non-hydrogen) atoms. The minimum Gasteiger partial charge on any atom is -0.462 e. The monoisotopic (exact) mass is 625 g/mol. The van der Waals surface area contributed by atoms with E-state index in [4.69, 9.17) is 4.74 Å². The van der Waals surface area contributed by atoms with E-state index in [1.54, 1.807) is 0 Å². The highest BCUT2D eigenvalue weighted by Gasteiger charge is 2.60. The van der Waals surface area contributed by atoms with E-state index in [9.17, 15) is 4.79 Å². The molecule has 0 N–H and O–H groups in total. The van der Waals surface area contributed by atoms with E-state index in [-0.39, 0.29) is 12.1 Å². The molecule has 4 aliphatic rings. The number of carbonyl (C=O) groups is 1. The first-order valence-corrected chi connectivity index (χ1v) is 20.5. The van der Waals surface area contributed by atoms with E-state index < -0.39 is 0 Å². The van der Waals surface area contributed by atoms with E-state index in [1.165, 1.54) is 128 Å². The summed E-state index contributed by atoms with van der Waals surface area (Å²) in [4.78, 5) is 12.8. The molecule has 0 aromatic heterocycles. The van der Waals surface area contributed by atoms with Crippen LogP contribution >= 0.6 is 0 Å². The van der Waals surface area contributed by atoms with Crippen molar-refractivity contribution in [3.63, 3.8) is 0 Å². The number of unbranched alkanes of at least 4 members (excludes halogenated alkanes) is 9. The van der Waals surface area contributed by atoms with Crippen molar-refractivity contribution in [1.29, 1.82) is 0 Å². The highest BCUT2D eigenvalue weighted by Crippen LogP contribution is 2.68. The first-order chi connectivity index (χ1) is 21.7. The van der Waals surface area contributed by atoms with Crippen LogP contribution < -0.4 is 0 Å². The van der Waals surface area contributed by atoms with Crippen LogP contribution in [0.3, 0.4) is 0 Å². The third kappa shape index (κ3) is 9.87. The van der Waals surface area contributed by atoms with Crippen molar-refractivity contribution in [3.05, 3.63) is 12.2 Å². The molecule has 0 bridgehead atoms. The van der Waals surface area contributed by atoms with Crippen molar-refractivity contribution in [1.82, 2.24) is 0 Å². The molecule has 4 saturated carbocycles. The van der Waals surface area contributed by atoms with Crippen LogP contribution in [0.4, 0.5) is 0 Å². The van der Waals surface area contributed by atoms with Gasteiger partial charge in [-0.1, -0.05) is 111 Å². The zero-order valence-corrected chi connectivity index (χ0v) is 31.1. The molecule has 0 aliphatic heterocycles. The lowest BCUT2D eigenvalue weighted by Gasteiger charge is -2.61. The van der Waals surface area contributed by atoms with Gasteiger partial charge in [-0.25, -0.2) is 0 Å². The van der Waals surface area contributed by atoms with Gasteiger partial charge >= 0.3 is 5.97 Å². The summed E-state index contributed by atoms with van der Waals surface area (Å²) in [6, 6.07) is 0. The average Bonchev–Trinajstić information content (AvgIpc) is 3.37. The van der Waals surface area contributed by atoms with Gasteiger partial charge in [0.25, 0.3) is 0 Å². The lowest BCUT2D eigenvalue weighted by atomic mass is 9.44. The number of hydrogen-bond donors (Lipinski definition) is 0. The summed E-state index contributed by atoms with van der Waals surface area (Å²) in [7, 11) is 0. The van der Waals surface area contributed by atoms with Crippen LogP contribution in [0.25, 0.3) is 0 Å². The van der Waals surface area contributed by atoms with Crippen LogP contribution in [0, 0.1) is 52.3 Å². The highest BCUT2D eigenvalue weighted by molar-refractivity contribution is 5.69. The van der Waals surface area contributed by atoms with Gasteiger partial charge in [0, 0.05) is 6.42 Å². The van der Waals surface area contributed by atoms with E-state index in [2.05, 4.69) is 53.7 Å². The van der Waals surface area contributed by atoms with E-state index in [0.717, 1.165) is 60.7 Å². The second-order valence-electron chi connectivity index (χ2n) is 17.7. The molecule has 0 radical (unpaired) electrons. The summed E-state index contributed by atoms with van der Waals surface area (Å²) in [5, 5.41) is 0. The molecule has 0 amide bonds. The number of esters is 1. The topological polar surface area (TPSA) is 26.3 Å². The summed E-state index contributed by atoms with van der Waals surface area (Å²) < 4.78 is 6.15. The van der Waals surface area contributed by atoms with Crippen LogP contribution in [-0.4, -0.2) is 12.1 Å². The molecule has 4 aliphatic carbocycles. The van der Waals surface area contributed by atoms with Crippen molar-refractivity contribution in [2.24, 2.45) is 52.3 Å². The minimum absolute atomic E-state index is 0.0799. The number of allylic oxidation sites excluding steroid dienone is 2. The number of hydrogen-bond acceptors (Lipinski definition) is 2. The Kier molecular flexibility index (Phi) is 14.9. The zero-order chi connectivity index (χ0) is 32.3. The van der Waals surface area contributed by atoms with Gasteiger partial charge in [-0.05, 0) is 142 Å². The maximum absolute atomic E-state index is 12.8. The average molecular weight is 625 g/mol. The smallest absolute Gasteiger partial charge is 0.306 e. The first kappa shape index (κ1) is 37.0. The summed E-state index contributed by atoms with van der Waals surface area (Å²) in [6.45, 7) is 15.0. The second-order valence-corrected chi connectivity index (χ2v) is 17.7. The molecule has 4 rings (SSSR count). The largest absolute Gasteiger partial charge is 0.462 e. The molecule has 9 atom stereocenters. The second kappa shape index (κ2) is 18.1. The number of ether oxygens (including phenoxy) is 1. The molecule has 0 aromatic rings. The van der Waals surface area contributed by atoms with Crippen LogP contribution in [0.15, 0.2) is 12.2 Å². The Morgan fingerprint density at radius 3 is 2.13 bits per heavy atom. The maximum Gasteiger partial charge on any atom is 0.306 e. The molecular formula is C43H76O2. The van der Waals surface area contributed by atoms with E-state index in [1.807, 2.05) is 0 Å². The Bertz CT molecular complexity index is 890. The highest BCUT2D eigenvalue weighted by atomic mass is 16.5. The first-order valence-electron chi connectivity index (χ1n) is 20.5. The van der Waals surface area contributed by atoms with Gasteiger partial charge in [0.05, 0.1) is 0 Å². The quantitative estimate of drug-likeness (QED) is 0.0812. The predicted octanol–water partition coefficient (Wildman–Crippen LogP) is 13.3. The summed E-state index contributed by atoms with van der Waals surface area (Å²) in [6.07, 6.45) is 36.0. The van der Waals surface area contributed by atoms with Crippen LogP contribution in [0.1, 0.15) is 196 Å². The third-order valence-electron chi connectivity index (χ3n) is 14.3. The molecule has 4 fully saturated rings. The van der Waals surface area contributed by atoms with E-state index in [0.29, 0.717) is 17.3 Å². The van der Waals surface area contributed by atoms with Crippen LogP contribution in [0.2, 0.25) is 0 Å². The molecule has 0 heterocycles. The lowest BCUT2D eigenvalue weighted by Crippen LogP contribution is -2.54. The van der Waals surface area contributed by atoms with Gasteiger partial charge in [-0.2, -0.15) is 0 Å². The SMILES string of the molecule is CCCCCCC=CCCCCCCCC(=O)OC1CC[C@@]2(C)C(CC[C@H]3[C@@H]4CC[C@H]([C@H](C)CCCC(C)C)[C@@]4(C)CC[C@@H]32)C1. The fourth-order valence-electron chi connectivity index (χ4n) is 11.6. The van der Waals surface area contributed by atoms with Crippen molar-refractivity contribution in [2.45, 2.75) is 202 Å². The standard InChI is InChI=1S/C43H76O2/c1-7-8-9-10-11-12-13-14-15-16-17-18-19-23-41(44)45-36-28-30-42(5)35(32-36)24-25-37-39-27-26-38(34(4)22-20-21-33(2)3)43(39,6)31-29-40(37)42/h12-13,33-40H,7-11,14-32H2,1-6H3/t34-,35?,36?,37+,38-,39+,40+,42+,43-/m1/s1. The molecule has 2 nitrogen and oxygen atoms in total. The van der Waals surface area contributed by atoms with E-state index >= 15 is 0 Å². The van der Waals surface area contributed by atoms with Gasteiger partial charge in [-0.15, -0.1) is 0 Å². The van der Waals surface area contributed by atoms with Crippen molar-refractivity contribution >= 4 is 5.97 Å². The molecule has 0 aromatic carbocycles. The van der Waals surface area contributed by atoms with Crippen molar-refractivity contribution < 1.29 is 9.53 Å². The zero-order valence-electron chi connectivity index (χ0n) is 31.1.